The van der Waals surface area contributed by atoms with Crippen LogP contribution < -0.4 is 19.5 Å². The van der Waals surface area contributed by atoms with Gasteiger partial charge in [0.2, 0.25) is 5.91 Å². The lowest BCUT2D eigenvalue weighted by Crippen LogP contribution is -2.25. The number of thioether (sulfide) groups is 1. The molecule has 0 bridgehead atoms. The molecule has 2 aromatic carbocycles. The summed E-state index contributed by atoms with van der Waals surface area (Å²) in [5.74, 6) is 2.36. The normalized spacial score (nSPS) is 11.6. The number of ether oxygens (including phenoxy) is 3. The van der Waals surface area contributed by atoms with Gasteiger partial charge in [-0.05, 0) is 5.56 Å². The number of hydrogen-bond donors (Lipinski definition) is 2. The summed E-state index contributed by atoms with van der Waals surface area (Å²) in [6.45, 7) is 0.275. The van der Waals surface area contributed by atoms with Crippen molar-refractivity contribution in [1.82, 2.24) is 5.32 Å². The predicted molar refractivity (Wildman–Crippen MR) is 107 cm³/mol. The zero-order valence-electron chi connectivity index (χ0n) is 15.7. The van der Waals surface area contributed by atoms with E-state index in [0.717, 1.165) is 11.1 Å². The van der Waals surface area contributed by atoms with Gasteiger partial charge in [0.1, 0.15) is 17.2 Å². The van der Waals surface area contributed by atoms with Gasteiger partial charge in [-0.3, -0.25) is 4.79 Å². The van der Waals surface area contributed by atoms with Crippen molar-refractivity contribution in [3.63, 3.8) is 0 Å². The number of rotatable bonds is 10. The minimum absolute atomic E-state index is 0.125. The Balaban J connectivity index is 1.86. The molecule has 2 rings (SSSR count). The molecule has 1 amide bonds. The molecule has 0 aliphatic carbocycles. The van der Waals surface area contributed by atoms with Crippen molar-refractivity contribution in [2.24, 2.45) is 0 Å². The van der Waals surface area contributed by atoms with Crippen molar-refractivity contribution >= 4 is 17.7 Å². The van der Waals surface area contributed by atoms with E-state index in [2.05, 4.69) is 5.32 Å². The first-order chi connectivity index (χ1) is 13.1. The average Bonchev–Trinajstić information content (AvgIpc) is 2.71. The first-order valence-corrected chi connectivity index (χ1v) is 9.60. The maximum absolute atomic E-state index is 12.1. The summed E-state index contributed by atoms with van der Waals surface area (Å²) >= 11 is 1.38. The lowest BCUT2D eigenvalue weighted by molar-refractivity contribution is -0.118. The van der Waals surface area contributed by atoms with Crippen LogP contribution in [0, 0.1) is 0 Å². The minimum atomic E-state index is -0.592. The van der Waals surface area contributed by atoms with E-state index in [-0.39, 0.29) is 18.2 Å². The fourth-order valence-electron chi connectivity index (χ4n) is 2.52. The van der Waals surface area contributed by atoms with E-state index >= 15 is 0 Å². The van der Waals surface area contributed by atoms with Crippen LogP contribution in [0.4, 0.5) is 0 Å². The van der Waals surface area contributed by atoms with Gasteiger partial charge < -0.3 is 24.6 Å². The van der Waals surface area contributed by atoms with Crippen LogP contribution in [-0.2, 0) is 11.3 Å². The van der Waals surface area contributed by atoms with Crippen LogP contribution in [0.1, 0.15) is 17.2 Å². The van der Waals surface area contributed by atoms with E-state index < -0.39 is 6.10 Å². The van der Waals surface area contributed by atoms with E-state index in [1.807, 2.05) is 30.3 Å². The Kier molecular flexibility index (Phi) is 8.29. The molecule has 0 radical (unpaired) electrons. The Morgan fingerprint density at radius 1 is 1.07 bits per heavy atom. The van der Waals surface area contributed by atoms with Crippen LogP contribution in [0.3, 0.4) is 0 Å². The summed E-state index contributed by atoms with van der Waals surface area (Å²) in [6.07, 6.45) is -0.592. The van der Waals surface area contributed by atoms with Crippen LogP contribution in [0.5, 0.6) is 17.2 Å². The van der Waals surface area contributed by atoms with Crippen LogP contribution in [0.15, 0.2) is 42.5 Å². The number of carbonyl (C=O) groups excluding carboxylic acids is 1. The van der Waals surface area contributed by atoms with E-state index in [9.17, 15) is 9.90 Å². The maximum Gasteiger partial charge on any atom is 0.230 e. The molecule has 1 atom stereocenters. The largest absolute Gasteiger partial charge is 0.496 e. The highest BCUT2D eigenvalue weighted by molar-refractivity contribution is 7.99. The number of nitrogens with one attached hydrogen (secondary N) is 1. The molecule has 0 aliphatic heterocycles. The Hall–Kier alpha value is -2.38. The summed E-state index contributed by atoms with van der Waals surface area (Å²) in [5, 5.41) is 13.0. The molecule has 0 spiro atoms. The Labute approximate surface area is 163 Å². The SMILES string of the molecule is COc1cc(OC)c(CNC(=O)CSCC(O)c2ccccc2)c(OC)c1. The number of benzene rings is 2. The molecule has 0 aliphatic rings. The van der Waals surface area contributed by atoms with Gasteiger partial charge in [-0.1, -0.05) is 30.3 Å². The number of methoxy groups -OCH3 is 3. The quantitative estimate of drug-likeness (QED) is 0.649. The smallest absolute Gasteiger partial charge is 0.230 e. The van der Waals surface area contributed by atoms with Gasteiger partial charge in [0, 0.05) is 17.9 Å². The van der Waals surface area contributed by atoms with Gasteiger partial charge in [0.25, 0.3) is 0 Å². The first kappa shape index (κ1) is 20.9. The monoisotopic (exact) mass is 391 g/mol. The molecule has 0 saturated heterocycles. The van der Waals surface area contributed by atoms with Gasteiger partial charge in [-0.2, -0.15) is 0 Å². The lowest BCUT2D eigenvalue weighted by atomic mass is 10.1. The summed E-state index contributed by atoms with van der Waals surface area (Å²) < 4.78 is 16.0. The van der Waals surface area contributed by atoms with E-state index in [1.165, 1.54) is 11.8 Å². The van der Waals surface area contributed by atoms with Crippen molar-refractivity contribution < 1.29 is 24.1 Å². The summed E-state index contributed by atoms with van der Waals surface area (Å²) in [7, 11) is 4.68. The number of amides is 1. The Morgan fingerprint density at radius 2 is 1.70 bits per heavy atom. The van der Waals surface area contributed by atoms with Gasteiger partial charge in [-0.25, -0.2) is 0 Å². The number of carbonyl (C=O) groups is 1. The van der Waals surface area contributed by atoms with E-state index in [0.29, 0.717) is 23.0 Å². The standard InChI is InChI=1S/C20H25NO5S/c1-24-15-9-18(25-2)16(19(10-15)26-3)11-21-20(23)13-27-12-17(22)14-7-5-4-6-8-14/h4-10,17,22H,11-13H2,1-3H3,(H,21,23). The Morgan fingerprint density at radius 3 is 2.26 bits per heavy atom. The lowest BCUT2D eigenvalue weighted by Gasteiger charge is -2.15. The molecule has 2 aromatic rings. The van der Waals surface area contributed by atoms with E-state index in [1.54, 1.807) is 33.5 Å². The summed E-state index contributed by atoms with van der Waals surface area (Å²) in [6, 6.07) is 12.9. The van der Waals surface area contributed by atoms with Crippen LogP contribution in [-0.4, -0.2) is 43.8 Å². The van der Waals surface area contributed by atoms with Crippen LogP contribution in [0.25, 0.3) is 0 Å². The molecule has 6 nitrogen and oxygen atoms in total. The maximum atomic E-state index is 12.1. The molecular formula is C20H25NO5S. The highest BCUT2D eigenvalue weighted by Gasteiger charge is 2.15. The van der Waals surface area contributed by atoms with Crippen molar-refractivity contribution in [1.29, 1.82) is 0 Å². The summed E-state index contributed by atoms with van der Waals surface area (Å²) in [4.78, 5) is 12.1. The van der Waals surface area contributed by atoms with Crippen LogP contribution in [0.2, 0.25) is 0 Å². The first-order valence-electron chi connectivity index (χ1n) is 8.45. The van der Waals surface area contributed by atoms with Crippen molar-refractivity contribution in [3.05, 3.63) is 53.6 Å². The molecule has 27 heavy (non-hydrogen) atoms. The molecule has 0 saturated carbocycles. The number of aliphatic hydroxyl groups is 1. The molecular weight excluding hydrogens is 366 g/mol. The predicted octanol–water partition coefficient (Wildman–Crippen LogP) is 2.80. The van der Waals surface area contributed by atoms with Crippen LogP contribution >= 0.6 is 11.8 Å². The fraction of sp³-hybridized carbons (Fsp3) is 0.350. The molecule has 0 fully saturated rings. The second kappa shape index (κ2) is 10.7. The third-order valence-corrected chi connectivity index (χ3v) is 4.99. The highest BCUT2D eigenvalue weighted by Crippen LogP contribution is 2.33. The molecule has 0 heterocycles. The van der Waals surface area contributed by atoms with Crippen molar-refractivity contribution in [3.8, 4) is 17.2 Å². The molecule has 1 unspecified atom stereocenters. The summed E-state index contributed by atoms with van der Waals surface area (Å²) in [5.41, 5.74) is 1.58. The minimum Gasteiger partial charge on any atom is -0.496 e. The average molecular weight is 391 g/mol. The topological polar surface area (TPSA) is 77.0 Å². The highest BCUT2D eigenvalue weighted by atomic mass is 32.2. The molecule has 2 N–H and O–H groups in total. The third-order valence-electron chi connectivity index (χ3n) is 3.97. The van der Waals surface area contributed by atoms with Gasteiger partial charge in [0.05, 0.1) is 45.3 Å². The number of hydrogen-bond acceptors (Lipinski definition) is 6. The van der Waals surface area contributed by atoms with Crippen molar-refractivity contribution in [2.75, 3.05) is 32.8 Å². The molecule has 0 aromatic heterocycles. The van der Waals surface area contributed by atoms with Gasteiger partial charge >= 0.3 is 0 Å². The second-order valence-corrected chi connectivity index (χ2v) is 6.76. The molecule has 7 heteroatoms. The Bertz CT molecular complexity index is 713. The third kappa shape index (κ3) is 6.08. The number of aliphatic hydroxyl groups excluding tert-OH is 1. The zero-order valence-corrected chi connectivity index (χ0v) is 16.5. The fourth-order valence-corrected chi connectivity index (χ4v) is 3.35. The van der Waals surface area contributed by atoms with Gasteiger partial charge in [-0.15, -0.1) is 11.8 Å². The van der Waals surface area contributed by atoms with E-state index in [4.69, 9.17) is 14.2 Å². The zero-order chi connectivity index (χ0) is 19.6. The van der Waals surface area contributed by atoms with Gasteiger partial charge in [0.15, 0.2) is 0 Å². The van der Waals surface area contributed by atoms with Crippen molar-refractivity contribution in [2.45, 2.75) is 12.6 Å². The molecule has 146 valence electrons. The second-order valence-electron chi connectivity index (χ2n) is 5.73.